The molecule has 0 aromatic heterocycles. The molecular formula is C29H39N3. The maximum Gasteiger partial charge on any atom is 0.137 e. The molecule has 1 aromatic rings. The normalized spacial score (nSPS) is 17.7. The van der Waals surface area contributed by atoms with Gasteiger partial charge in [0.25, 0.3) is 0 Å². The minimum absolute atomic E-state index is 0.642. The maximum atomic E-state index is 5.09. The average molecular weight is 430 g/mol. The summed E-state index contributed by atoms with van der Waals surface area (Å²) in [5.74, 6) is 1.68. The molecule has 0 radical (unpaired) electrons. The summed E-state index contributed by atoms with van der Waals surface area (Å²) in [6.07, 6.45) is 16.7. The molecule has 0 N–H and O–H groups in total. The lowest BCUT2D eigenvalue weighted by atomic mass is 9.88. The minimum atomic E-state index is 0.642. The first-order valence-electron chi connectivity index (χ1n) is 12.5. The number of benzene rings is 1. The molecule has 2 heterocycles. The lowest BCUT2D eigenvalue weighted by molar-refractivity contribution is 0.301. The second kappa shape index (κ2) is 9.94. The smallest absolute Gasteiger partial charge is 0.137 e. The Bertz CT molecular complexity index is 997. The number of unbranched alkanes of at least 4 members (excludes halogenated alkanes) is 2. The molecular weight excluding hydrogens is 390 g/mol. The monoisotopic (exact) mass is 429 g/mol. The van der Waals surface area contributed by atoms with Gasteiger partial charge in [-0.3, -0.25) is 4.90 Å². The quantitative estimate of drug-likeness (QED) is 0.402. The molecule has 0 bridgehead atoms. The molecule has 1 aromatic carbocycles. The first-order valence-corrected chi connectivity index (χ1v) is 12.5. The number of rotatable bonds is 8. The lowest BCUT2D eigenvalue weighted by Gasteiger charge is -2.36. The van der Waals surface area contributed by atoms with Crippen LogP contribution in [0, 0.1) is 19.8 Å². The molecule has 4 rings (SSSR count). The Labute approximate surface area is 194 Å². The highest BCUT2D eigenvalue weighted by Gasteiger charge is 2.27. The molecule has 0 amide bonds. The van der Waals surface area contributed by atoms with Crippen LogP contribution in [0.15, 0.2) is 64.6 Å². The van der Waals surface area contributed by atoms with E-state index >= 15 is 0 Å². The molecule has 170 valence electrons. The second-order valence-corrected chi connectivity index (χ2v) is 9.95. The topological polar surface area (TPSA) is 18.8 Å². The van der Waals surface area contributed by atoms with Crippen molar-refractivity contribution in [2.75, 3.05) is 13.1 Å². The summed E-state index contributed by atoms with van der Waals surface area (Å²) < 4.78 is 0. The molecule has 1 fully saturated rings. The molecule has 0 spiro atoms. The standard InChI is InChI=1S/C29H39N3/c1-6-7-8-16-31(19-21(2)3)26-14-15-29-30-27(25-13-12-22(4)23(5)17-25)18-28(32(29)20-26)24-10-9-11-24/h12-15,17-18,20-21H,6-11,16,19H2,1-5H3. The van der Waals surface area contributed by atoms with Gasteiger partial charge >= 0.3 is 0 Å². The summed E-state index contributed by atoms with van der Waals surface area (Å²) in [4.78, 5) is 10.0. The van der Waals surface area contributed by atoms with Gasteiger partial charge in [-0.05, 0) is 86.4 Å². The summed E-state index contributed by atoms with van der Waals surface area (Å²) in [6, 6.07) is 6.70. The van der Waals surface area contributed by atoms with Crippen LogP contribution in [-0.2, 0) is 0 Å². The zero-order valence-corrected chi connectivity index (χ0v) is 20.6. The van der Waals surface area contributed by atoms with Crippen LogP contribution < -0.4 is 0 Å². The van der Waals surface area contributed by atoms with E-state index in [1.807, 2.05) is 0 Å². The maximum absolute atomic E-state index is 5.09. The summed E-state index contributed by atoms with van der Waals surface area (Å²) in [7, 11) is 0. The number of allylic oxidation sites excluding steroid dienone is 3. The number of amidine groups is 1. The van der Waals surface area contributed by atoms with Crippen molar-refractivity contribution in [3.8, 4) is 0 Å². The fourth-order valence-electron chi connectivity index (χ4n) is 4.56. The predicted octanol–water partition coefficient (Wildman–Crippen LogP) is 7.36. The van der Waals surface area contributed by atoms with E-state index in [0.717, 1.165) is 24.6 Å². The van der Waals surface area contributed by atoms with Gasteiger partial charge in [0.05, 0.1) is 11.4 Å². The molecule has 32 heavy (non-hydrogen) atoms. The number of hydrogen-bond acceptors (Lipinski definition) is 3. The SMILES string of the molecule is CCCCCN(CC(C)C)C1=CN2C(=NC(c3ccc(C)c(C)c3)=CC2=C2CCC2)C=C1. The van der Waals surface area contributed by atoms with E-state index in [4.69, 9.17) is 4.99 Å². The van der Waals surface area contributed by atoms with Gasteiger partial charge in [0.2, 0.25) is 0 Å². The highest BCUT2D eigenvalue weighted by Crippen LogP contribution is 2.37. The van der Waals surface area contributed by atoms with Crippen LogP contribution in [0.5, 0.6) is 0 Å². The van der Waals surface area contributed by atoms with Crippen LogP contribution in [0.4, 0.5) is 0 Å². The van der Waals surface area contributed by atoms with Crippen LogP contribution in [0.25, 0.3) is 5.70 Å². The van der Waals surface area contributed by atoms with Crippen molar-refractivity contribution in [2.45, 2.75) is 73.1 Å². The number of nitrogens with zero attached hydrogens (tertiary/aromatic N) is 3. The molecule has 0 atom stereocenters. The van der Waals surface area contributed by atoms with Gasteiger partial charge in [0.15, 0.2) is 0 Å². The second-order valence-electron chi connectivity index (χ2n) is 9.95. The Morgan fingerprint density at radius 1 is 1.06 bits per heavy atom. The largest absolute Gasteiger partial charge is 0.370 e. The van der Waals surface area contributed by atoms with Crippen molar-refractivity contribution in [1.29, 1.82) is 0 Å². The van der Waals surface area contributed by atoms with E-state index in [-0.39, 0.29) is 0 Å². The zero-order chi connectivity index (χ0) is 22.7. The Hall–Kier alpha value is -2.55. The van der Waals surface area contributed by atoms with Crippen LogP contribution in [-0.4, -0.2) is 28.7 Å². The number of fused-ring (bicyclic) bond motifs is 1. The summed E-state index contributed by atoms with van der Waals surface area (Å²) in [5.41, 5.74) is 9.16. The first kappa shape index (κ1) is 22.6. The minimum Gasteiger partial charge on any atom is -0.370 e. The molecule has 2 aliphatic heterocycles. The van der Waals surface area contributed by atoms with Gasteiger partial charge in [-0.25, -0.2) is 4.99 Å². The van der Waals surface area contributed by atoms with Crippen molar-refractivity contribution in [2.24, 2.45) is 10.9 Å². The predicted molar refractivity (Wildman–Crippen MR) is 137 cm³/mol. The Morgan fingerprint density at radius 3 is 2.53 bits per heavy atom. The first-order chi connectivity index (χ1) is 15.5. The van der Waals surface area contributed by atoms with E-state index in [1.54, 1.807) is 5.57 Å². The zero-order valence-electron chi connectivity index (χ0n) is 20.6. The summed E-state index contributed by atoms with van der Waals surface area (Å²) in [5, 5.41) is 0. The summed E-state index contributed by atoms with van der Waals surface area (Å²) >= 11 is 0. The van der Waals surface area contributed by atoms with Crippen LogP contribution in [0.3, 0.4) is 0 Å². The van der Waals surface area contributed by atoms with Crippen molar-refractivity contribution in [1.82, 2.24) is 9.80 Å². The van der Waals surface area contributed by atoms with E-state index in [9.17, 15) is 0 Å². The molecule has 1 aliphatic carbocycles. The van der Waals surface area contributed by atoms with Crippen LogP contribution in [0.1, 0.15) is 76.0 Å². The Kier molecular flexibility index (Phi) is 7.03. The third-order valence-electron chi connectivity index (χ3n) is 6.78. The van der Waals surface area contributed by atoms with Crippen LogP contribution >= 0.6 is 0 Å². The van der Waals surface area contributed by atoms with E-state index in [0.29, 0.717) is 5.92 Å². The third kappa shape index (κ3) is 4.92. The Morgan fingerprint density at radius 2 is 1.88 bits per heavy atom. The third-order valence-corrected chi connectivity index (χ3v) is 6.78. The van der Waals surface area contributed by atoms with Gasteiger partial charge in [0.1, 0.15) is 5.84 Å². The fourth-order valence-corrected chi connectivity index (χ4v) is 4.56. The molecule has 0 saturated heterocycles. The molecule has 1 saturated carbocycles. The summed E-state index contributed by atoms with van der Waals surface area (Å²) in [6.45, 7) is 13.5. The van der Waals surface area contributed by atoms with Gasteiger partial charge in [-0.15, -0.1) is 0 Å². The van der Waals surface area contributed by atoms with Crippen LogP contribution in [0.2, 0.25) is 0 Å². The number of aryl methyl sites for hydroxylation is 2. The van der Waals surface area contributed by atoms with E-state index in [1.165, 1.54) is 66.6 Å². The van der Waals surface area contributed by atoms with E-state index in [2.05, 4.69) is 87.0 Å². The molecule has 3 nitrogen and oxygen atoms in total. The number of aliphatic imine (C=N–C) groups is 1. The fraction of sp³-hybridized carbons (Fsp3) is 0.483. The Balaban J connectivity index is 1.67. The van der Waals surface area contributed by atoms with Crippen molar-refractivity contribution in [3.63, 3.8) is 0 Å². The van der Waals surface area contributed by atoms with Gasteiger partial charge in [-0.2, -0.15) is 0 Å². The van der Waals surface area contributed by atoms with Gasteiger partial charge in [-0.1, -0.05) is 45.7 Å². The van der Waals surface area contributed by atoms with Crippen molar-refractivity contribution in [3.05, 3.63) is 76.3 Å². The highest BCUT2D eigenvalue weighted by molar-refractivity contribution is 6.02. The average Bonchev–Trinajstić information content (AvgIpc) is 2.73. The lowest BCUT2D eigenvalue weighted by Crippen LogP contribution is -2.35. The number of hydrogen-bond donors (Lipinski definition) is 0. The van der Waals surface area contributed by atoms with Gasteiger partial charge < -0.3 is 4.90 Å². The van der Waals surface area contributed by atoms with Gasteiger partial charge in [0, 0.05) is 30.5 Å². The molecule has 3 aliphatic rings. The van der Waals surface area contributed by atoms with Crippen molar-refractivity contribution < 1.29 is 0 Å². The van der Waals surface area contributed by atoms with E-state index < -0.39 is 0 Å². The molecule has 0 unspecified atom stereocenters. The molecule has 3 heteroatoms. The van der Waals surface area contributed by atoms with Crippen molar-refractivity contribution >= 4 is 11.5 Å². The highest BCUT2D eigenvalue weighted by atomic mass is 15.2.